The van der Waals surface area contributed by atoms with Gasteiger partial charge in [0.15, 0.2) is 6.61 Å². The summed E-state index contributed by atoms with van der Waals surface area (Å²) in [5, 5.41) is 5.73. The van der Waals surface area contributed by atoms with Crippen LogP contribution in [0.1, 0.15) is 37.0 Å². The number of esters is 1. The van der Waals surface area contributed by atoms with Gasteiger partial charge in [-0.2, -0.15) is 4.98 Å². The van der Waals surface area contributed by atoms with E-state index in [1.807, 2.05) is 36.6 Å². The van der Waals surface area contributed by atoms with Crippen LogP contribution in [0.5, 0.6) is 0 Å². The first kappa shape index (κ1) is 18.8. The number of benzene rings is 2. The summed E-state index contributed by atoms with van der Waals surface area (Å²) < 4.78 is 10.5. The maximum atomic E-state index is 12.7. The van der Waals surface area contributed by atoms with Gasteiger partial charge in [-0.15, -0.1) is 11.3 Å². The van der Waals surface area contributed by atoms with Crippen molar-refractivity contribution in [1.82, 2.24) is 10.1 Å². The van der Waals surface area contributed by atoms with Crippen LogP contribution in [0.3, 0.4) is 0 Å². The lowest BCUT2D eigenvalue weighted by atomic mass is 10.0. The molecule has 0 atom stereocenters. The van der Waals surface area contributed by atoms with E-state index >= 15 is 0 Å². The van der Waals surface area contributed by atoms with Gasteiger partial charge in [-0.25, -0.2) is 4.79 Å². The SMILES string of the molecule is Cc1ccc(-c2noc(COC(=O)c3ccccc3C(=O)c3cccs3)n2)cc1. The number of aryl methyl sites for hydroxylation is 1. The molecule has 0 bridgehead atoms. The summed E-state index contributed by atoms with van der Waals surface area (Å²) in [7, 11) is 0. The molecule has 0 aliphatic carbocycles. The molecule has 0 saturated heterocycles. The van der Waals surface area contributed by atoms with Crippen molar-refractivity contribution in [2.24, 2.45) is 0 Å². The van der Waals surface area contributed by atoms with Crippen LogP contribution >= 0.6 is 11.3 Å². The molecule has 0 N–H and O–H groups in total. The Labute approximate surface area is 170 Å². The molecular weight excluding hydrogens is 388 g/mol. The van der Waals surface area contributed by atoms with Crippen molar-refractivity contribution in [3.63, 3.8) is 0 Å². The minimum Gasteiger partial charge on any atom is -0.452 e. The molecule has 7 heteroatoms. The highest BCUT2D eigenvalue weighted by atomic mass is 32.1. The zero-order chi connectivity index (χ0) is 20.2. The smallest absolute Gasteiger partial charge is 0.339 e. The van der Waals surface area contributed by atoms with E-state index in [-0.39, 0.29) is 23.8 Å². The highest BCUT2D eigenvalue weighted by molar-refractivity contribution is 7.12. The van der Waals surface area contributed by atoms with Gasteiger partial charge in [0, 0.05) is 11.1 Å². The van der Waals surface area contributed by atoms with Crippen LogP contribution in [-0.4, -0.2) is 21.9 Å². The second kappa shape index (κ2) is 8.20. The average molecular weight is 404 g/mol. The molecule has 2 aromatic heterocycles. The number of thiophene rings is 1. The van der Waals surface area contributed by atoms with Gasteiger partial charge >= 0.3 is 5.97 Å². The molecule has 0 fully saturated rings. The molecule has 4 rings (SSSR count). The van der Waals surface area contributed by atoms with Crippen molar-refractivity contribution in [1.29, 1.82) is 0 Å². The molecule has 0 spiro atoms. The monoisotopic (exact) mass is 404 g/mol. The molecule has 6 nitrogen and oxygen atoms in total. The molecule has 2 aromatic carbocycles. The molecule has 0 aliphatic heterocycles. The van der Waals surface area contributed by atoms with Crippen molar-refractivity contribution < 1.29 is 18.8 Å². The summed E-state index contributed by atoms with van der Waals surface area (Å²) in [5.41, 5.74) is 2.43. The first-order valence-corrected chi connectivity index (χ1v) is 9.74. The van der Waals surface area contributed by atoms with Gasteiger partial charge in [0.1, 0.15) is 0 Å². The minimum atomic E-state index is -0.624. The second-order valence-electron chi connectivity index (χ2n) is 6.31. The Morgan fingerprint density at radius 1 is 1.00 bits per heavy atom. The Kier molecular flexibility index (Phi) is 5.31. The number of rotatable bonds is 6. The molecule has 4 aromatic rings. The quantitative estimate of drug-likeness (QED) is 0.342. The number of hydrogen-bond donors (Lipinski definition) is 0. The first-order chi connectivity index (χ1) is 14.1. The van der Waals surface area contributed by atoms with Crippen LogP contribution in [-0.2, 0) is 11.3 Å². The summed E-state index contributed by atoms with van der Waals surface area (Å²) in [4.78, 5) is 30.0. The van der Waals surface area contributed by atoms with Crippen LogP contribution in [0.4, 0.5) is 0 Å². The molecule has 0 amide bonds. The zero-order valence-corrected chi connectivity index (χ0v) is 16.3. The maximum absolute atomic E-state index is 12.7. The molecular formula is C22H16N2O4S. The summed E-state index contributed by atoms with van der Waals surface area (Å²) >= 11 is 1.32. The van der Waals surface area contributed by atoms with E-state index in [0.717, 1.165) is 11.1 Å². The van der Waals surface area contributed by atoms with Gasteiger partial charge in [-0.05, 0) is 24.4 Å². The molecule has 0 saturated carbocycles. The van der Waals surface area contributed by atoms with Crippen molar-refractivity contribution in [3.05, 3.63) is 93.5 Å². The lowest BCUT2D eigenvalue weighted by Crippen LogP contribution is -2.12. The van der Waals surface area contributed by atoms with Crippen molar-refractivity contribution in [2.45, 2.75) is 13.5 Å². The highest BCUT2D eigenvalue weighted by Gasteiger charge is 2.20. The van der Waals surface area contributed by atoms with Crippen LogP contribution in [0.25, 0.3) is 11.4 Å². The average Bonchev–Trinajstić information content (AvgIpc) is 3.44. The van der Waals surface area contributed by atoms with E-state index in [9.17, 15) is 9.59 Å². The number of carbonyl (C=O) groups is 2. The third kappa shape index (κ3) is 4.14. The summed E-state index contributed by atoms with van der Waals surface area (Å²) in [5.74, 6) is -0.243. The second-order valence-corrected chi connectivity index (χ2v) is 7.25. The lowest BCUT2D eigenvalue weighted by Gasteiger charge is -2.07. The highest BCUT2D eigenvalue weighted by Crippen LogP contribution is 2.20. The lowest BCUT2D eigenvalue weighted by molar-refractivity contribution is 0.0427. The Balaban J connectivity index is 1.47. The van der Waals surface area contributed by atoms with Crippen molar-refractivity contribution in [3.8, 4) is 11.4 Å². The fourth-order valence-corrected chi connectivity index (χ4v) is 3.42. The van der Waals surface area contributed by atoms with Crippen LogP contribution < -0.4 is 0 Å². The predicted molar refractivity (Wildman–Crippen MR) is 108 cm³/mol. The van der Waals surface area contributed by atoms with Crippen molar-refractivity contribution >= 4 is 23.1 Å². The fraction of sp³-hybridized carbons (Fsp3) is 0.0909. The van der Waals surface area contributed by atoms with Crippen LogP contribution in [0.15, 0.2) is 70.6 Å². The van der Waals surface area contributed by atoms with E-state index in [1.165, 1.54) is 11.3 Å². The van der Waals surface area contributed by atoms with E-state index < -0.39 is 5.97 Å². The van der Waals surface area contributed by atoms with Gasteiger partial charge in [0.05, 0.1) is 10.4 Å². The van der Waals surface area contributed by atoms with Crippen molar-refractivity contribution in [2.75, 3.05) is 0 Å². The van der Waals surface area contributed by atoms with E-state index in [1.54, 1.807) is 36.4 Å². The van der Waals surface area contributed by atoms with Gasteiger partial charge in [-0.1, -0.05) is 59.3 Å². The van der Waals surface area contributed by atoms with E-state index in [0.29, 0.717) is 16.3 Å². The maximum Gasteiger partial charge on any atom is 0.339 e. The molecule has 0 unspecified atom stereocenters. The molecule has 29 heavy (non-hydrogen) atoms. The molecule has 0 radical (unpaired) electrons. The number of ketones is 1. The number of aromatic nitrogens is 2. The minimum absolute atomic E-state index is 0.177. The van der Waals surface area contributed by atoms with Crippen LogP contribution in [0, 0.1) is 6.92 Å². The third-order valence-electron chi connectivity index (χ3n) is 4.24. The summed E-state index contributed by atoms with van der Waals surface area (Å²) in [6.45, 7) is 1.81. The number of hydrogen-bond acceptors (Lipinski definition) is 7. The Morgan fingerprint density at radius 3 is 2.48 bits per heavy atom. The van der Waals surface area contributed by atoms with E-state index in [2.05, 4.69) is 10.1 Å². The van der Waals surface area contributed by atoms with E-state index in [4.69, 9.17) is 9.26 Å². The number of carbonyl (C=O) groups excluding carboxylic acids is 2. The van der Waals surface area contributed by atoms with Gasteiger partial charge in [0.2, 0.25) is 11.6 Å². The zero-order valence-electron chi connectivity index (χ0n) is 15.5. The Morgan fingerprint density at radius 2 is 1.76 bits per heavy atom. The molecule has 144 valence electrons. The Hall–Kier alpha value is -3.58. The van der Waals surface area contributed by atoms with Gasteiger partial charge in [-0.3, -0.25) is 4.79 Å². The summed E-state index contributed by atoms with van der Waals surface area (Å²) in [6, 6.07) is 17.8. The van der Waals surface area contributed by atoms with Crippen LogP contribution in [0.2, 0.25) is 0 Å². The largest absolute Gasteiger partial charge is 0.452 e. The first-order valence-electron chi connectivity index (χ1n) is 8.86. The normalized spacial score (nSPS) is 10.7. The predicted octanol–water partition coefficient (Wildman–Crippen LogP) is 4.69. The standard InChI is InChI=1S/C22H16N2O4S/c1-14-8-10-15(11-9-14)21-23-19(28-24-21)13-27-22(26)17-6-3-2-5-16(17)20(25)18-7-4-12-29-18/h2-12H,13H2,1H3. The Bertz CT molecular complexity index is 1150. The number of nitrogens with zero attached hydrogens (tertiary/aromatic N) is 2. The van der Waals surface area contributed by atoms with Gasteiger partial charge in [0.25, 0.3) is 5.89 Å². The fourth-order valence-electron chi connectivity index (χ4n) is 2.74. The summed E-state index contributed by atoms with van der Waals surface area (Å²) in [6.07, 6.45) is 0. The molecule has 2 heterocycles. The van der Waals surface area contributed by atoms with Gasteiger partial charge < -0.3 is 9.26 Å². The third-order valence-corrected chi connectivity index (χ3v) is 5.11. The molecule has 0 aliphatic rings. The topological polar surface area (TPSA) is 82.3 Å². The number of ether oxygens (including phenoxy) is 1.